The summed E-state index contributed by atoms with van der Waals surface area (Å²) in [5.74, 6) is -0.386. The van der Waals surface area contributed by atoms with Gasteiger partial charge >= 0.3 is 0 Å². The lowest BCUT2D eigenvalue weighted by Crippen LogP contribution is -2.29. The minimum atomic E-state index is -0.430. The highest BCUT2D eigenvalue weighted by molar-refractivity contribution is 6.08. The van der Waals surface area contributed by atoms with Gasteiger partial charge in [0.15, 0.2) is 0 Å². The van der Waals surface area contributed by atoms with Crippen molar-refractivity contribution in [2.24, 2.45) is 0 Å². The van der Waals surface area contributed by atoms with Crippen LogP contribution in [0.3, 0.4) is 0 Å². The van der Waals surface area contributed by atoms with Gasteiger partial charge in [0.1, 0.15) is 5.69 Å². The molecule has 2 amide bonds. The molecule has 0 radical (unpaired) electrons. The van der Waals surface area contributed by atoms with Gasteiger partial charge in [0.2, 0.25) is 5.76 Å². The normalized spacial score (nSPS) is 13.5. The van der Waals surface area contributed by atoms with Gasteiger partial charge in [-0.1, -0.05) is 47.1 Å². The Balaban J connectivity index is 1.57. The van der Waals surface area contributed by atoms with Crippen molar-refractivity contribution in [1.29, 1.82) is 0 Å². The minimum absolute atomic E-state index is 0.0561. The van der Waals surface area contributed by atoms with Crippen molar-refractivity contribution in [3.63, 3.8) is 0 Å². The fourth-order valence-electron chi connectivity index (χ4n) is 3.52. The van der Waals surface area contributed by atoms with Gasteiger partial charge in [-0.15, -0.1) is 0 Å². The molecule has 0 unspecified atom stereocenters. The number of likely N-dealkylation sites (tertiary alicyclic amines) is 1. The predicted octanol–water partition coefficient (Wildman–Crippen LogP) is 4.45. The van der Waals surface area contributed by atoms with Crippen LogP contribution in [0.2, 0.25) is 0 Å². The maximum Gasteiger partial charge on any atom is 0.294 e. The van der Waals surface area contributed by atoms with E-state index in [0.717, 1.165) is 42.6 Å². The van der Waals surface area contributed by atoms with Crippen molar-refractivity contribution in [3.8, 4) is 11.3 Å². The highest BCUT2D eigenvalue weighted by Gasteiger charge is 2.24. The lowest BCUT2D eigenvalue weighted by atomic mass is 10.1. The molecule has 6 heteroatoms. The zero-order valence-electron chi connectivity index (χ0n) is 16.6. The second-order valence-electron chi connectivity index (χ2n) is 7.39. The molecule has 0 spiro atoms. The van der Waals surface area contributed by atoms with E-state index in [4.69, 9.17) is 4.52 Å². The van der Waals surface area contributed by atoms with Crippen LogP contribution in [-0.4, -0.2) is 35.0 Å². The molecule has 1 aliphatic heterocycles. The van der Waals surface area contributed by atoms with Crippen molar-refractivity contribution in [2.75, 3.05) is 18.4 Å². The molecule has 2 heterocycles. The number of aromatic nitrogens is 1. The Kier molecular flexibility index (Phi) is 5.16. The molecule has 0 atom stereocenters. The number of carbonyl (C=O) groups excluding carboxylic acids is 2. The minimum Gasteiger partial charge on any atom is -0.350 e. The van der Waals surface area contributed by atoms with Crippen LogP contribution in [0.25, 0.3) is 11.3 Å². The molecule has 1 aliphatic rings. The smallest absolute Gasteiger partial charge is 0.294 e. The monoisotopic (exact) mass is 389 g/mol. The molecule has 0 aliphatic carbocycles. The number of amides is 2. The first-order valence-corrected chi connectivity index (χ1v) is 9.77. The Morgan fingerprint density at radius 3 is 2.48 bits per heavy atom. The van der Waals surface area contributed by atoms with E-state index in [2.05, 4.69) is 10.5 Å². The summed E-state index contributed by atoms with van der Waals surface area (Å²) in [7, 11) is 0. The molecule has 4 rings (SSSR count). The fraction of sp³-hybridized carbons (Fsp3) is 0.261. The fourth-order valence-corrected chi connectivity index (χ4v) is 3.52. The standard InChI is InChI=1S/C23H23N3O3/c1-15-8-10-17(11-9-15)19-14-20(29-25-19)22(27)24-21-16(2)6-5-7-18(21)23(28)26-12-3-4-13-26/h5-11,14H,3-4,12-13H2,1-2H3,(H,24,27). The number of carbonyl (C=O) groups is 2. The second kappa shape index (κ2) is 7.91. The lowest BCUT2D eigenvalue weighted by Gasteiger charge is -2.19. The van der Waals surface area contributed by atoms with Crippen LogP contribution < -0.4 is 5.32 Å². The number of aryl methyl sites for hydroxylation is 2. The summed E-state index contributed by atoms with van der Waals surface area (Å²) in [4.78, 5) is 27.5. The van der Waals surface area contributed by atoms with Crippen LogP contribution in [0, 0.1) is 13.8 Å². The maximum absolute atomic E-state index is 12.9. The molecule has 1 saturated heterocycles. The van der Waals surface area contributed by atoms with Gasteiger partial charge < -0.3 is 14.7 Å². The van der Waals surface area contributed by atoms with E-state index in [-0.39, 0.29) is 11.7 Å². The molecule has 6 nitrogen and oxygen atoms in total. The van der Waals surface area contributed by atoms with Gasteiger partial charge in [0, 0.05) is 24.7 Å². The van der Waals surface area contributed by atoms with E-state index in [1.165, 1.54) is 0 Å². The van der Waals surface area contributed by atoms with E-state index in [1.807, 2.05) is 55.1 Å². The topological polar surface area (TPSA) is 75.4 Å². The molecular formula is C23H23N3O3. The summed E-state index contributed by atoms with van der Waals surface area (Å²) in [6.45, 7) is 5.38. The van der Waals surface area contributed by atoms with Crippen LogP contribution in [0.1, 0.15) is 44.9 Å². The number of benzene rings is 2. The van der Waals surface area contributed by atoms with Crippen LogP contribution in [0.15, 0.2) is 53.1 Å². The van der Waals surface area contributed by atoms with Gasteiger partial charge in [-0.05, 0) is 38.3 Å². The maximum atomic E-state index is 12.9. The van der Waals surface area contributed by atoms with Crippen molar-refractivity contribution in [3.05, 3.63) is 71.0 Å². The molecule has 1 aromatic heterocycles. The van der Waals surface area contributed by atoms with E-state index >= 15 is 0 Å². The van der Waals surface area contributed by atoms with Gasteiger partial charge in [0.05, 0.1) is 11.3 Å². The molecule has 1 N–H and O–H groups in total. The molecule has 2 aromatic carbocycles. The summed E-state index contributed by atoms with van der Waals surface area (Å²) in [5, 5.41) is 6.86. The first-order chi connectivity index (χ1) is 14.0. The Bertz CT molecular complexity index is 1050. The molecule has 29 heavy (non-hydrogen) atoms. The Labute approximate surface area is 169 Å². The van der Waals surface area contributed by atoms with E-state index in [1.54, 1.807) is 12.1 Å². The quantitative estimate of drug-likeness (QED) is 0.715. The number of rotatable bonds is 4. The summed E-state index contributed by atoms with van der Waals surface area (Å²) in [6, 6.07) is 14.9. The SMILES string of the molecule is Cc1ccc(-c2cc(C(=O)Nc3c(C)cccc3C(=O)N3CCCC3)on2)cc1. The number of para-hydroxylation sites is 1. The third kappa shape index (κ3) is 3.92. The highest BCUT2D eigenvalue weighted by Crippen LogP contribution is 2.25. The molecule has 0 saturated carbocycles. The number of anilines is 1. The van der Waals surface area contributed by atoms with Crippen LogP contribution in [-0.2, 0) is 0 Å². The third-order valence-electron chi connectivity index (χ3n) is 5.22. The van der Waals surface area contributed by atoms with Gasteiger partial charge in [-0.25, -0.2) is 0 Å². The first kappa shape index (κ1) is 18.9. The number of nitrogens with one attached hydrogen (secondary N) is 1. The van der Waals surface area contributed by atoms with Crippen LogP contribution >= 0.6 is 0 Å². The van der Waals surface area contributed by atoms with Crippen LogP contribution in [0.5, 0.6) is 0 Å². The lowest BCUT2D eigenvalue weighted by molar-refractivity contribution is 0.0793. The van der Waals surface area contributed by atoms with Crippen molar-refractivity contribution < 1.29 is 14.1 Å². The molecule has 1 fully saturated rings. The zero-order valence-corrected chi connectivity index (χ0v) is 16.6. The molecule has 3 aromatic rings. The average Bonchev–Trinajstić information content (AvgIpc) is 3.42. The predicted molar refractivity (Wildman–Crippen MR) is 111 cm³/mol. The summed E-state index contributed by atoms with van der Waals surface area (Å²) >= 11 is 0. The van der Waals surface area contributed by atoms with Gasteiger partial charge in [-0.3, -0.25) is 9.59 Å². The van der Waals surface area contributed by atoms with Crippen molar-refractivity contribution in [1.82, 2.24) is 10.1 Å². The highest BCUT2D eigenvalue weighted by atomic mass is 16.5. The van der Waals surface area contributed by atoms with Gasteiger partial charge in [-0.2, -0.15) is 0 Å². The van der Waals surface area contributed by atoms with Crippen molar-refractivity contribution in [2.45, 2.75) is 26.7 Å². The Morgan fingerprint density at radius 1 is 1.03 bits per heavy atom. The number of hydrogen-bond acceptors (Lipinski definition) is 4. The van der Waals surface area contributed by atoms with Crippen LogP contribution in [0.4, 0.5) is 5.69 Å². The van der Waals surface area contributed by atoms with Gasteiger partial charge in [0.25, 0.3) is 11.8 Å². The zero-order chi connectivity index (χ0) is 20.4. The largest absolute Gasteiger partial charge is 0.350 e. The number of hydrogen-bond donors (Lipinski definition) is 1. The Hall–Kier alpha value is -3.41. The number of nitrogens with zero attached hydrogens (tertiary/aromatic N) is 2. The summed E-state index contributed by atoms with van der Waals surface area (Å²) in [6.07, 6.45) is 2.03. The van der Waals surface area contributed by atoms with E-state index in [0.29, 0.717) is 16.9 Å². The first-order valence-electron chi connectivity index (χ1n) is 9.77. The molecule has 0 bridgehead atoms. The molecule has 148 valence electrons. The summed E-state index contributed by atoms with van der Waals surface area (Å²) in [5.41, 5.74) is 4.44. The van der Waals surface area contributed by atoms with E-state index < -0.39 is 5.91 Å². The molecular weight excluding hydrogens is 366 g/mol. The Morgan fingerprint density at radius 2 is 1.76 bits per heavy atom. The van der Waals surface area contributed by atoms with Crippen molar-refractivity contribution >= 4 is 17.5 Å². The summed E-state index contributed by atoms with van der Waals surface area (Å²) < 4.78 is 5.27. The second-order valence-corrected chi connectivity index (χ2v) is 7.39. The average molecular weight is 389 g/mol. The third-order valence-corrected chi connectivity index (χ3v) is 5.22. The van der Waals surface area contributed by atoms with E-state index in [9.17, 15) is 9.59 Å².